The Morgan fingerprint density at radius 2 is 1.76 bits per heavy atom. The molecule has 3 rings (SSSR count). The Balaban J connectivity index is 1.74. The van der Waals surface area contributed by atoms with Gasteiger partial charge in [0.25, 0.3) is 5.56 Å². The van der Waals surface area contributed by atoms with E-state index in [0.717, 1.165) is 11.3 Å². The fourth-order valence-electron chi connectivity index (χ4n) is 2.40. The minimum Gasteiger partial charge on any atom is -0.457 e. The molecule has 2 aromatic carbocycles. The van der Waals surface area contributed by atoms with E-state index in [1.807, 2.05) is 31.2 Å². The molecule has 3 aromatic rings. The van der Waals surface area contributed by atoms with Gasteiger partial charge in [-0.1, -0.05) is 24.3 Å². The fourth-order valence-corrected chi connectivity index (χ4v) is 2.40. The average molecular weight is 331 g/mol. The van der Waals surface area contributed by atoms with Crippen LogP contribution in [0.5, 0.6) is 11.5 Å². The van der Waals surface area contributed by atoms with Crippen molar-refractivity contribution in [2.24, 2.45) is 0 Å². The number of carbonyl (C=O) groups is 1. The van der Waals surface area contributed by atoms with Crippen molar-refractivity contribution < 1.29 is 9.53 Å². The van der Waals surface area contributed by atoms with Gasteiger partial charge in [-0.2, -0.15) is 0 Å². The van der Waals surface area contributed by atoms with E-state index in [4.69, 9.17) is 4.74 Å². The molecule has 0 aliphatic heterocycles. The maximum absolute atomic E-state index is 12.4. The summed E-state index contributed by atoms with van der Waals surface area (Å²) < 4.78 is 7.06. The van der Waals surface area contributed by atoms with Gasteiger partial charge >= 0.3 is 0 Å². The second-order valence-corrected chi connectivity index (χ2v) is 5.79. The van der Waals surface area contributed by atoms with Gasteiger partial charge in [-0.15, -0.1) is 0 Å². The number of rotatable bonds is 5. The lowest BCUT2D eigenvalue weighted by Gasteiger charge is -2.09. The number of carbonyl (C=O) groups excluding carboxylic acids is 1. The van der Waals surface area contributed by atoms with Crippen LogP contribution in [0.3, 0.4) is 0 Å². The third-order valence-electron chi connectivity index (χ3n) is 3.87. The van der Waals surface area contributed by atoms with Crippen LogP contribution < -0.4 is 10.3 Å². The second kappa shape index (κ2) is 7.06. The fraction of sp³-hybridized carbons (Fsp3) is 0.143. The standard InChI is InChI=1S/C21H17NO3/c1-15-6-3-4-8-20(15)25-18-11-9-17(10-12-18)19(23)14-22-13-5-7-16(2)21(22)24/h3-4,6-12H,14H2,1-2H3. The highest BCUT2D eigenvalue weighted by Crippen LogP contribution is 2.24. The predicted octanol–water partition coefficient (Wildman–Crippen LogP) is 3.74. The van der Waals surface area contributed by atoms with Gasteiger partial charge in [0, 0.05) is 17.3 Å². The molecule has 0 radical (unpaired) electrons. The molecule has 1 heterocycles. The van der Waals surface area contributed by atoms with Gasteiger partial charge in [0.1, 0.15) is 11.5 Å². The number of hydrogen-bond acceptors (Lipinski definition) is 3. The van der Waals surface area contributed by atoms with Crippen LogP contribution in [0.2, 0.25) is 0 Å². The molecule has 0 N–H and O–H groups in total. The van der Waals surface area contributed by atoms with Crippen LogP contribution in [0.4, 0.5) is 0 Å². The zero-order chi connectivity index (χ0) is 17.8. The first-order valence-electron chi connectivity index (χ1n) is 7.91. The Hall–Kier alpha value is -3.32. The lowest BCUT2D eigenvalue weighted by molar-refractivity contribution is 0.0971. The van der Waals surface area contributed by atoms with Gasteiger partial charge in [0.2, 0.25) is 0 Å². The maximum atomic E-state index is 12.4. The molecular weight excluding hydrogens is 314 g/mol. The van der Waals surface area contributed by atoms with Crippen LogP contribution >= 0.6 is 0 Å². The summed E-state index contributed by atoms with van der Waals surface area (Å²) >= 11 is 0. The van der Waals surface area contributed by atoms with E-state index in [1.54, 1.807) is 37.3 Å². The Labute approximate surface area is 146 Å². The molecule has 4 nitrogen and oxygen atoms in total. The molecule has 25 heavy (non-hydrogen) atoms. The summed E-state index contributed by atoms with van der Waals surface area (Å²) in [5.41, 5.74) is 1.85. The summed E-state index contributed by atoms with van der Waals surface area (Å²) in [6, 6.07) is 18.9. The van der Waals surface area contributed by atoms with E-state index in [9.17, 15) is 9.59 Å². The monoisotopic (exact) mass is 331 g/mol. The highest BCUT2D eigenvalue weighted by molar-refractivity contribution is 5.96. The van der Waals surface area contributed by atoms with Crippen LogP contribution in [0.1, 0.15) is 21.5 Å². The number of aromatic nitrogens is 1. The van der Waals surface area contributed by atoms with Crippen molar-refractivity contribution in [1.29, 1.82) is 0 Å². The molecule has 0 amide bonds. The highest BCUT2D eigenvalue weighted by Gasteiger charge is 2.09. The summed E-state index contributed by atoms with van der Waals surface area (Å²) in [4.78, 5) is 24.3. The number of ketones is 1. The Morgan fingerprint density at radius 3 is 2.48 bits per heavy atom. The first-order valence-corrected chi connectivity index (χ1v) is 7.91. The molecule has 0 fully saturated rings. The summed E-state index contributed by atoms with van der Waals surface area (Å²) in [5, 5.41) is 0. The second-order valence-electron chi connectivity index (χ2n) is 5.79. The minimum absolute atomic E-state index is 0.0605. The molecule has 1 aromatic heterocycles. The van der Waals surface area contributed by atoms with Gasteiger partial charge in [-0.3, -0.25) is 14.2 Å². The Morgan fingerprint density at radius 1 is 1.04 bits per heavy atom. The van der Waals surface area contributed by atoms with Crippen LogP contribution in [0.15, 0.2) is 59.4 Å². The van der Waals surface area contributed by atoms with Crippen LogP contribution in [-0.2, 0) is 6.54 Å². The van der Waals surface area contributed by atoms with Crippen molar-refractivity contribution in [3.8, 4) is 11.5 Å². The summed E-state index contributed by atoms with van der Waals surface area (Å²) in [7, 11) is 0. The van der Waals surface area contributed by atoms with E-state index < -0.39 is 0 Å². The van der Waals surface area contributed by atoms with E-state index in [-0.39, 0.29) is 17.9 Å². The lowest BCUT2D eigenvalue weighted by atomic mass is 10.1. The van der Waals surface area contributed by atoms with Crippen LogP contribution in [-0.4, -0.2) is 10.4 Å². The van der Waals surface area contributed by atoms with Gasteiger partial charge < -0.3 is 4.74 Å². The van der Waals surface area contributed by atoms with E-state index in [0.29, 0.717) is 16.9 Å². The van der Waals surface area contributed by atoms with Crippen molar-refractivity contribution in [3.63, 3.8) is 0 Å². The molecular formula is C21H17NO3. The summed E-state index contributed by atoms with van der Waals surface area (Å²) in [5.74, 6) is 1.26. The summed E-state index contributed by atoms with van der Waals surface area (Å²) in [6.07, 6.45) is 2.66. The zero-order valence-electron chi connectivity index (χ0n) is 14.1. The first-order chi connectivity index (χ1) is 12.0. The summed E-state index contributed by atoms with van der Waals surface area (Å²) in [6.45, 7) is 3.60. The number of aryl methyl sites for hydroxylation is 2. The third kappa shape index (κ3) is 3.78. The molecule has 0 unspecified atom stereocenters. The van der Waals surface area contributed by atoms with Gasteiger partial charge in [-0.05, 0) is 55.8 Å². The third-order valence-corrected chi connectivity index (χ3v) is 3.87. The van der Waals surface area contributed by atoms with Gasteiger partial charge in [0.15, 0.2) is 5.78 Å². The molecule has 0 aliphatic rings. The SMILES string of the molecule is Cc1ccccc1Oc1ccc(C(=O)Cn2c#ccc(C)c2=O)cc1. The Bertz CT molecular complexity index is 955. The molecule has 0 saturated carbocycles. The maximum Gasteiger partial charge on any atom is 0.262 e. The number of Topliss-reactive ketones (excluding diaryl/α,β-unsaturated/α-hetero) is 1. The van der Waals surface area contributed by atoms with E-state index in [2.05, 4.69) is 12.3 Å². The number of nitrogens with zero attached hydrogens (tertiary/aromatic N) is 1. The highest BCUT2D eigenvalue weighted by atomic mass is 16.5. The molecule has 0 spiro atoms. The first kappa shape index (κ1) is 16.5. The minimum atomic E-state index is -0.230. The molecule has 4 heteroatoms. The number of hydrogen-bond donors (Lipinski definition) is 0. The van der Waals surface area contributed by atoms with Crippen LogP contribution in [0, 0.1) is 26.1 Å². The lowest BCUT2D eigenvalue weighted by Crippen LogP contribution is -2.24. The normalized spacial score (nSPS) is 10.2. The van der Waals surface area contributed by atoms with E-state index >= 15 is 0 Å². The largest absolute Gasteiger partial charge is 0.457 e. The molecule has 0 saturated heterocycles. The van der Waals surface area contributed by atoms with Gasteiger partial charge in [0.05, 0.1) is 6.54 Å². The molecule has 0 bridgehead atoms. The topological polar surface area (TPSA) is 48.3 Å². The quantitative estimate of drug-likeness (QED) is 0.669. The molecule has 124 valence electrons. The van der Waals surface area contributed by atoms with Crippen molar-refractivity contribution in [2.45, 2.75) is 20.4 Å². The Kier molecular flexibility index (Phi) is 4.67. The van der Waals surface area contributed by atoms with Crippen molar-refractivity contribution in [1.82, 2.24) is 4.57 Å². The van der Waals surface area contributed by atoms with Gasteiger partial charge in [-0.25, -0.2) is 0 Å². The number of benzene rings is 2. The van der Waals surface area contributed by atoms with Crippen molar-refractivity contribution >= 4 is 5.78 Å². The number of ether oxygens (including phenoxy) is 1. The number of para-hydroxylation sites is 1. The molecule has 0 atom stereocenters. The zero-order valence-corrected chi connectivity index (χ0v) is 14.1. The van der Waals surface area contributed by atoms with Crippen LogP contribution in [0.25, 0.3) is 0 Å². The van der Waals surface area contributed by atoms with Crippen molar-refractivity contribution in [2.75, 3.05) is 0 Å². The average Bonchev–Trinajstić information content (AvgIpc) is 2.61. The molecule has 0 aliphatic carbocycles. The van der Waals surface area contributed by atoms with Crippen molar-refractivity contribution in [3.05, 3.63) is 93.9 Å². The smallest absolute Gasteiger partial charge is 0.262 e. The van der Waals surface area contributed by atoms with E-state index in [1.165, 1.54) is 4.57 Å². The predicted molar refractivity (Wildman–Crippen MR) is 95.1 cm³/mol.